The molecule has 0 aliphatic carbocycles. The van der Waals surface area contributed by atoms with Gasteiger partial charge in [0.1, 0.15) is 6.61 Å². The quantitative estimate of drug-likeness (QED) is 0.199. The van der Waals surface area contributed by atoms with Crippen LogP contribution in [0.4, 0.5) is 0 Å². The largest absolute Gasteiger partial charge is 0.694 e. The molecule has 0 saturated carbocycles. The third-order valence-electron chi connectivity index (χ3n) is 4.06. The first-order valence-corrected chi connectivity index (χ1v) is 11.5. The first-order chi connectivity index (χ1) is 13.7. The van der Waals surface area contributed by atoms with Crippen molar-refractivity contribution in [1.82, 2.24) is 0 Å². The molecule has 0 aliphatic rings. The summed E-state index contributed by atoms with van der Waals surface area (Å²) in [5, 5.41) is 0. The van der Waals surface area contributed by atoms with E-state index >= 15 is 0 Å². The second-order valence-corrected chi connectivity index (χ2v) is 7.19. The van der Waals surface area contributed by atoms with E-state index in [2.05, 4.69) is 86.8 Å². The molecule has 1 N–H and O–H groups in total. The summed E-state index contributed by atoms with van der Waals surface area (Å²) in [6.45, 7) is 4.56. The molecule has 0 heterocycles. The van der Waals surface area contributed by atoms with Crippen LogP contribution in [-0.4, -0.2) is 11.5 Å². The van der Waals surface area contributed by atoms with E-state index in [9.17, 15) is 4.57 Å². The molecule has 0 amide bonds. The summed E-state index contributed by atoms with van der Waals surface area (Å²) in [5.41, 5.74) is 0. The average molecular weight is 406 g/mol. The van der Waals surface area contributed by atoms with Crippen molar-refractivity contribution in [3.63, 3.8) is 0 Å². The van der Waals surface area contributed by atoms with Gasteiger partial charge in [-0.1, -0.05) is 93.2 Å². The van der Waals surface area contributed by atoms with E-state index in [1.165, 1.54) is 0 Å². The third-order valence-corrected chi connectivity index (χ3v) is 4.43. The molecule has 28 heavy (non-hydrogen) atoms. The summed E-state index contributed by atoms with van der Waals surface area (Å²) in [5.74, 6) is 0.302. The first kappa shape index (κ1) is 26.5. The zero-order valence-electron chi connectivity index (χ0n) is 17.6. The Balaban J connectivity index is 3.68. The summed E-state index contributed by atoms with van der Waals surface area (Å²) >= 11 is 0. The summed E-state index contributed by atoms with van der Waals surface area (Å²) in [4.78, 5) is 8.67. The van der Waals surface area contributed by atoms with Crippen molar-refractivity contribution < 1.29 is 14.0 Å². The number of allylic oxidation sites excluding steroid dienone is 12. The summed E-state index contributed by atoms with van der Waals surface area (Å²) in [6.07, 6.45) is 34.0. The van der Waals surface area contributed by atoms with Crippen LogP contribution in [0.5, 0.6) is 0 Å². The Morgan fingerprint density at radius 2 is 1.11 bits per heavy atom. The van der Waals surface area contributed by atoms with Crippen LogP contribution in [0.2, 0.25) is 0 Å². The SMILES string of the molecule is CC/C=C\C/C=C\C/C=C\C/C=C\C/C=C\C/C=C\CC(CC)CO[P+](=O)O. The Hall–Kier alpha value is -1.54. The van der Waals surface area contributed by atoms with Crippen LogP contribution in [0.1, 0.15) is 65.2 Å². The highest BCUT2D eigenvalue weighted by atomic mass is 31.1. The minimum absolute atomic E-state index is 0.302. The zero-order chi connectivity index (χ0) is 20.7. The van der Waals surface area contributed by atoms with Gasteiger partial charge in [-0.05, 0) is 50.9 Å². The van der Waals surface area contributed by atoms with Crippen LogP contribution in [-0.2, 0) is 9.09 Å². The molecule has 0 bridgehead atoms. The Kier molecular flexibility index (Phi) is 20.6. The normalized spacial score (nSPS) is 14.8. The minimum atomic E-state index is -2.48. The number of hydrogen-bond donors (Lipinski definition) is 1. The van der Waals surface area contributed by atoms with Gasteiger partial charge in [0.05, 0.1) is 0 Å². The van der Waals surface area contributed by atoms with Crippen molar-refractivity contribution in [1.29, 1.82) is 0 Å². The Morgan fingerprint density at radius 3 is 1.46 bits per heavy atom. The monoisotopic (exact) mass is 405 g/mol. The lowest BCUT2D eigenvalue weighted by Crippen LogP contribution is -2.04. The summed E-state index contributed by atoms with van der Waals surface area (Å²) in [7, 11) is -2.48. The molecule has 0 fully saturated rings. The lowest BCUT2D eigenvalue weighted by atomic mass is 10.0. The molecule has 0 aromatic carbocycles. The maximum atomic E-state index is 10.5. The highest BCUT2D eigenvalue weighted by Gasteiger charge is 2.15. The third kappa shape index (κ3) is 20.8. The van der Waals surface area contributed by atoms with Crippen LogP contribution >= 0.6 is 8.25 Å². The van der Waals surface area contributed by atoms with Gasteiger partial charge in [-0.15, -0.1) is 9.42 Å². The molecule has 156 valence electrons. The molecule has 0 rings (SSSR count). The maximum Gasteiger partial charge on any atom is 0.694 e. The second-order valence-electron chi connectivity index (χ2n) is 6.46. The van der Waals surface area contributed by atoms with Gasteiger partial charge in [0.25, 0.3) is 0 Å². The molecule has 0 aromatic heterocycles. The van der Waals surface area contributed by atoms with Gasteiger partial charge in [-0.2, -0.15) is 0 Å². The fourth-order valence-corrected chi connectivity index (χ4v) is 2.67. The predicted octanol–water partition coefficient (Wildman–Crippen LogP) is 7.77. The van der Waals surface area contributed by atoms with Crippen molar-refractivity contribution in [3.8, 4) is 0 Å². The molecular weight excluding hydrogens is 367 g/mol. The summed E-state index contributed by atoms with van der Waals surface area (Å²) < 4.78 is 15.3. The molecule has 4 heteroatoms. The molecule has 3 nitrogen and oxygen atoms in total. The van der Waals surface area contributed by atoms with E-state index in [1.54, 1.807) is 0 Å². The highest BCUT2D eigenvalue weighted by Crippen LogP contribution is 2.19. The average Bonchev–Trinajstić information content (AvgIpc) is 2.69. The lowest BCUT2D eigenvalue weighted by Gasteiger charge is -2.06. The van der Waals surface area contributed by atoms with E-state index in [4.69, 9.17) is 9.42 Å². The van der Waals surface area contributed by atoms with E-state index in [-0.39, 0.29) is 0 Å². The van der Waals surface area contributed by atoms with Crippen LogP contribution in [0.25, 0.3) is 0 Å². The fraction of sp³-hybridized carbons (Fsp3) is 0.500. The van der Waals surface area contributed by atoms with Crippen LogP contribution in [0.15, 0.2) is 72.9 Å². The van der Waals surface area contributed by atoms with Gasteiger partial charge in [0, 0.05) is 4.57 Å². The standard InChI is InChI=1S/C24H37O3P/c1-3-5-6-7-8-9-10-11-12-13-14-15-16-17-18-19-20-21-22-24(4-2)23-27-28(25)26/h5-6,8-9,11-12,14-15,17-18,20-21,24H,3-4,7,10,13,16,19,22-23H2,1-2H3/p+1/b6-5-,9-8-,12-11-,15-14-,18-17-,21-20-. The second kappa shape index (κ2) is 21.8. The molecule has 0 aromatic rings. The van der Waals surface area contributed by atoms with Gasteiger partial charge in [0.15, 0.2) is 0 Å². The predicted molar refractivity (Wildman–Crippen MR) is 122 cm³/mol. The van der Waals surface area contributed by atoms with Crippen molar-refractivity contribution in [2.24, 2.45) is 5.92 Å². The Labute approximate surface area is 173 Å². The molecule has 0 radical (unpaired) electrons. The van der Waals surface area contributed by atoms with E-state index in [1.807, 2.05) is 0 Å². The number of rotatable bonds is 17. The maximum absolute atomic E-state index is 10.5. The van der Waals surface area contributed by atoms with Gasteiger partial charge in [-0.3, -0.25) is 0 Å². The molecule has 0 saturated heterocycles. The summed E-state index contributed by atoms with van der Waals surface area (Å²) in [6, 6.07) is 0. The highest BCUT2D eigenvalue weighted by molar-refractivity contribution is 7.32. The van der Waals surface area contributed by atoms with Crippen LogP contribution < -0.4 is 0 Å². The molecule has 2 unspecified atom stereocenters. The van der Waals surface area contributed by atoms with Gasteiger partial charge < -0.3 is 0 Å². The lowest BCUT2D eigenvalue weighted by molar-refractivity contribution is 0.228. The van der Waals surface area contributed by atoms with Crippen LogP contribution in [0.3, 0.4) is 0 Å². The van der Waals surface area contributed by atoms with Crippen molar-refractivity contribution in [2.45, 2.75) is 65.2 Å². The molecule has 0 aliphatic heterocycles. The zero-order valence-corrected chi connectivity index (χ0v) is 18.5. The topological polar surface area (TPSA) is 46.5 Å². The fourth-order valence-electron chi connectivity index (χ4n) is 2.33. The van der Waals surface area contributed by atoms with E-state index < -0.39 is 8.25 Å². The van der Waals surface area contributed by atoms with Crippen molar-refractivity contribution >= 4 is 8.25 Å². The first-order valence-electron chi connectivity index (χ1n) is 10.4. The van der Waals surface area contributed by atoms with Gasteiger partial charge in [0.2, 0.25) is 0 Å². The molecule has 2 atom stereocenters. The smallest absolute Gasteiger partial charge is 0.133 e. The Bertz CT molecular complexity index is 542. The number of hydrogen-bond acceptors (Lipinski definition) is 2. The molecular formula is C24H38O3P+. The van der Waals surface area contributed by atoms with Crippen molar-refractivity contribution in [3.05, 3.63) is 72.9 Å². The Morgan fingerprint density at radius 1 is 0.714 bits per heavy atom. The van der Waals surface area contributed by atoms with Gasteiger partial charge >= 0.3 is 8.25 Å². The molecule has 0 spiro atoms. The van der Waals surface area contributed by atoms with Crippen LogP contribution in [0, 0.1) is 5.92 Å². The minimum Gasteiger partial charge on any atom is -0.133 e. The van der Waals surface area contributed by atoms with E-state index in [0.29, 0.717) is 12.5 Å². The van der Waals surface area contributed by atoms with Crippen molar-refractivity contribution in [2.75, 3.05) is 6.61 Å². The van der Waals surface area contributed by atoms with E-state index in [0.717, 1.165) is 51.4 Å². The van der Waals surface area contributed by atoms with Gasteiger partial charge in [-0.25, -0.2) is 0 Å².